The fourth-order valence-electron chi connectivity index (χ4n) is 1.78. The van der Waals surface area contributed by atoms with Crippen molar-refractivity contribution in [3.05, 3.63) is 24.3 Å². The predicted octanol–water partition coefficient (Wildman–Crippen LogP) is 2.73. The lowest BCUT2D eigenvalue weighted by atomic mass is 10.1. The summed E-state index contributed by atoms with van der Waals surface area (Å²) in [6, 6.07) is 7.71. The van der Waals surface area contributed by atoms with Crippen LogP contribution >= 0.6 is 11.8 Å². The third kappa shape index (κ3) is 4.99. The van der Waals surface area contributed by atoms with E-state index in [0.29, 0.717) is 22.7 Å². The Kier molecular flexibility index (Phi) is 6.04. The molecule has 1 aromatic carbocycles. The van der Waals surface area contributed by atoms with Gasteiger partial charge in [-0.2, -0.15) is 0 Å². The van der Waals surface area contributed by atoms with Crippen molar-refractivity contribution in [3.8, 4) is 17.1 Å². The van der Waals surface area contributed by atoms with Gasteiger partial charge in [-0.3, -0.25) is 9.89 Å². The predicted molar refractivity (Wildman–Crippen MR) is 91.5 cm³/mol. The van der Waals surface area contributed by atoms with Gasteiger partial charge in [0.2, 0.25) is 11.1 Å². The Morgan fingerprint density at radius 2 is 2.00 bits per heavy atom. The summed E-state index contributed by atoms with van der Waals surface area (Å²) in [5.74, 6) is 2.17. The Balaban J connectivity index is 1.90. The third-order valence-electron chi connectivity index (χ3n) is 3.55. The lowest BCUT2D eigenvalue weighted by molar-refractivity contribution is -0.119. The first-order valence-electron chi connectivity index (χ1n) is 7.48. The Morgan fingerprint density at radius 1 is 1.30 bits per heavy atom. The van der Waals surface area contributed by atoms with Crippen LogP contribution in [0.1, 0.15) is 20.8 Å². The maximum absolute atomic E-state index is 11.9. The minimum absolute atomic E-state index is 0.00741. The molecule has 0 saturated heterocycles. The van der Waals surface area contributed by atoms with Crippen LogP contribution in [0, 0.1) is 5.92 Å². The number of thioether (sulfide) groups is 1. The topological polar surface area (TPSA) is 79.9 Å². The average Bonchev–Trinajstić information content (AvgIpc) is 3.02. The molecule has 0 aliphatic carbocycles. The lowest BCUT2D eigenvalue weighted by Crippen LogP contribution is -2.37. The number of hydrogen-bond acceptors (Lipinski definition) is 5. The molecule has 2 aromatic rings. The Bertz CT molecular complexity index is 640. The quantitative estimate of drug-likeness (QED) is 0.761. The number of carbonyl (C=O) groups is 1. The second-order valence-electron chi connectivity index (χ2n) is 5.58. The SMILES string of the molecule is COc1ccc(-c2nc(SCC(=O)N[C@H](C)C(C)C)n[nH]2)cc1. The molecule has 6 nitrogen and oxygen atoms in total. The maximum atomic E-state index is 11.9. The summed E-state index contributed by atoms with van der Waals surface area (Å²) >= 11 is 1.32. The molecule has 0 bridgehead atoms. The van der Waals surface area contributed by atoms with Crippen LogP contribution in [-0.2, 0) is 4.79 Å². The van der Waals surface area contributed by atoms with Gasteiger partial charge in [-0.15, -0.1) is 5.10 Å². The number of carbonyl (C=O) groups excluding carboxylic acids is 1. The van der Waals surface area contributed by atoms with Crippen LogP contribution in [0.3, 0.4) is 0 Å². The zero-order valence-corrected chi connectivity index (χ0v) is 14.6. The smallest absolute Gasteiger partial charge is 0.230 e. The summed E-state index contributed by atoms with van der Waals surface area (Å²) in [6.07, 6.45) is 0. The third-order valence-corrected chi connectivity index (χ3v) is 4.40. The van der Waals surface area contributed by atoms with Crippen molar-refractivity contribution in [2.24, 2.45) is 5.92 Å². The number of amides is 1. The Morgan fingerprint density at radius 3 is 2.61 bits per heavy atom. The van der Waals surface area contributed by atoms with E-state index in [9.17, 15) is 4.79 Å². The van der Waals surface area contributed by atoms with Crippen LogP contribution in [0.15, 0.2) is 29.4 Å². The molecular weight excluding hydrogens is 312 g/mol. The average molecular weight is 334 g/mol. The number of H-pyrrole nitrogens is 1. The molecule has 1 aromatic heterocycles. The van der Waals surface area contributed by atoms with Gasteiger partial charge in [-0.05, 0) is 37.1 Å². The van der Waals surface area contributed by atoms with Gasteiger partial charge in [-0.1, -0.05) is 25.6 Å². The number of aromatic nitrogens is 3. The highest BCUT2D eigenvalue weighted by Crippen LogP contribution is 2.21. The van der Waals surface area contributed by atoms with Crippen LogP contribution in [0.2, 0.25) is 0 Å². The largest absolute Gasteiger partial charge is 0.497 e. The second kappa shape index (κ2) is 8.01. The molecule has 0 radical (unpaired) electrons. The van der Waals surface area contributed by atoms with Crippen molar-refractivity contribution in [1.29, 1.82) is 0 Å². The number of hydrogen-bond donors (Lipinski definition) is 2. The highest BCUT2D eigenvalue weighted by Gasteiger charge is 2.13. The summed E-state index contributed by atoms with van der Waals surface area (Å²) in [6.45, 7) is 6.16. The maximum Gasteiger partial charge on any atom is 0.230 e. The molecule has 7 heteroatoms. The molecule has 1 atom stereocenters. The van der Waals surface area contributed by atoms with Gasteiger partial charge in [-0.25, -0.2) is 4.98 Å². The van der Waals surface area contributed by atoms with Crippen molar-refractivity contribution >= 4 is 17.7 Å². The van der Waals surface area contributed by atoms with Crippen LogP contribution in [0.4, 0.5) is 0 Å². The second-order valence-corrected chi connectivity index (χ2v) is 6.53. The Hall–Kier alpha value is -2.02. The standard InChI is InChI=1S/C16H22N4O2S/c1-10(2)11(3)17-14(21)9-23-16-18-15(19-20-16)12-5-7-13(22-4)8-6-12/h5-8,10-11H,9H2,1-4H3,(H,17,21)(H,18,19,20)/t11-/m1/s1. The van der Waals surface area contributed by atoms with Crippen LogP contribution in [-0.4, -0.2) is 40.0 Å². The minimum Gasteiger partial charge on any atom is -0.497 e. The first-order chi connectivity index (χ1) is 11.0. The molecule has 2 N–H and O–H groups in total. The van der Waals surface area contributed by atoms with Gasteiger partial charge < -0.3 is 10.1 Å². The summed E-state index contributed by atoms with van der Waals surface area (Å²) in [5.41, 5.74) is 0.919. The normalized spacial score (nSPS) is 12.2. The number of aromatic amines is 1. The van der Waals surface area contributed by atoms with Crippen LogP contribution < -0.4 is 10.1 Å². The zero-order chi connectivity index (χ0) is 16.8. The first kappa shape index (κ1) is 17.3. The van der Waals surface area contributed by atoms with Gasteiger partial charge in [0, 0.05) is 11.6 Å². The van der Waals surface area contributed by atoms with E-state index < -0.39 is 0 Å². The van der Waals surface area contributed by atoms with Crippen molar-refractivity contribution < 1.29 is 9.53 Å². The van der Waals surface area contributed by atoms with Gasteiger partial charge in [0.1, 0.15) is 5.75 Å². The summed E-state index contributed by atoms with van der Waals surface area (Å²) in [4.78, 5) is 16.3. The molecule has 2 rings (SSSR count). The highest BCUT2D eigenvalue weighted by molar-refractivity contribution is 7.99. The molecule has 124 valence electrons. The van der Waals surface area contributed by atoms with E-state index in [-0.39, 0.29) is 11.9 Å². The number of benzene rings is 1. The Labute approximate surface area is 140 Å². The molecule has 0 spiro atoms. The first-order valence-corrected chi connectivity index (χ1v) is 8.47. The van der Waals surface area contributed by atoms with Crippen molar-refractivity contribution in [2.45, 2.75) is 32.0 Å². The monoisotopic (exact) mass is 334 g/mol. The van der Waals surface area contributed by atoms with E-state index in [1.54, 1.807) is 7.11 Å². The zero-order valence-electron chi connectivity index (χ0n) is 13.8. The highest BCUT2D eigenvalue weighted by atomic mass is 32.2. The van der Waals surface area contributed by atoms with E-state index in [1.165, 1.54) is 11.8 Å². The number of nitrogens with one attached hydrogen (secondary N) is 2. The van der Waals surface area contributed by atoms with Crippen molar-refractivity contribution in [2.75, 3.05) is 12.9 Å². The van der Waals surface area contributed by atoms with E-state index in [2.05, 4.69) is 34.3 Å². The number of rotatable bonds is 7. The number of methoxy groups -OCH3 is 1. The fourth-order valence-corrected chi connectivity index (χ4v) is 2.39. The minimum atomic E-state index is -0.00741. The van der Waals surface area contributed by atoms with Crippen LogP contribution in [0.5, 0.6) is 5.75 Å². The summed E-state index contributed by atoms with van der Waals surface area (Å²) in [5, 5.41) is 10.5. The molecule has 23 heavy (non-hydrogen) atoms. The lowest BCUT2D eigenvalue weighted by Gasteiger charge is -2.16. The molecule has 1 heterocycles. The van der Waals surface area contributed by atoms with Gasteiger partial charge >= 0.3 is 0 Å². The van der Waals surface area contributed by atoms with Crippen molar-refractivity contribution in [1.82, 2.24) is 20.5 Å². The number of nitrogens with zero attached hydrogens (tertiary/aromatic N) is 2. The van der Waals surface area contributed by atoms with Gasteiger partial charge in [0.25, 0.3) is 0 Å². The fraction of sp³-hybridized carbons (Fsp3) is 0.438. The molecule has 0 saturated carbocycles. The van der Waals surface area contributed by atoms with Crippen molar-refractivity contribution in [3.63, 3.8) is 0 Å². The molecule has 1 amide bonds. The molecular formula is C16H22N4O2S. The van der Waals surface area contributed by atoms with E-state index >= 15 is 0 Å². The van der Waals surface area contributed by atoms with Gasteiger partial charge in [0.15, 0.2) is 5.82 Å². The van der Waals surface area contributed by atoms with Gasteiger partial charge in [0.05, 0.1) is 12.9 Å². The van der Waals surface area contributed by atoms with E-state index in [0.717, 1.165) is 11.3 Å². The molecule has 0 aliphatic heterocycles. The summed E-state index contributed by atoms with van der Waals surface area (Å²) < 4.78 is 5.13. The summed E-state index contributed by atoms with van der Waals surface area (Å²) in [7, 11) is 1.63. The molecule has 0 aliphatic rings. The molecule has 0 unspecified atom stereocenters. The van der Waals surface area contributed by atoms with Crippen LogP contribution in [0.25, 0.3) is 11.4 Å². The van der Waals surface area contributed by atoms with E-state index in [4.69, 9.17) is 4.74 Å². The van der Waals surface area contributed by atoms with E-state index in [1.807, 2.05) is 31.2 Å². The molecule has 0 fully saturated rings. The number of ether oxygens (including phenoxy) is 1.